The van der Waals surface area contributed by atoms with Crippen LogP contribution in [0.15, 0.2) is 47.1 Å². The minimum atomic E-state index is 0.519. The molecule has 1 aromatic heterocycles. The zero-order valence-electron chi connectivity index (χ0n) is 11.6. The molecule has 1 N–H and O–H groups in total. The van der Waals surface area contributed by atoms with E-state index < -0.39 is 0 Å². The Bertz CT molecular complexity index is 462. The molecule has 3 heteroatoms. The number of hydrogen-bond donors (Lipinski definition) is 1. The number of nitrogens with one attached hydrogen (secondary N) is 1. The number of hydrogen-bond acceptors (Lipinski definition) is 3. The average Bonchev–Trinajstić information content (AvgIpc) is 2.93. The number of ether oxygens (including phenoxy) is 1. The smallest absolute Gasteiger partial charge is 0.129 e. The highest BCUT2D eigenvalue weighted by molar-refractivity contribution is 5.24. The van der Waals surface area contributed by atoms with E-state index in [0.29, 0.717) is 19.1 Å². The van der Waals surface area contributed by atoms with Gasteiger partial charge in [-0.25, -0.2) is 0 Å². The molecule has 0 amide bonds. The van der Waals surface area contributed by atoms with Crippen LogP contribution in [-0.2, 0) is 18.0 Å². The van der Waals surface area contributed by atoms with E-state index in [1.165, 1.54) is 11.1 Å². The van der Waals surface area contributed by atoms with Crippen LogP contribution in [-0.4, -0.2) is 13.6 Å². The molecule has 19 heavy (non-hydrogen) atoms. The van der Waals surface area contributed by atoms with Gasteiger partial charge >= 0.3 is 0 Å². The summed E-state index contributed by atoms with van der Waals surface area (Å²) in [6, 6.07) is 12.4. The molecule has 0 saturated heterocycles. The molecule has 2 rings (SSSR count). The van der Waals surface area contributed by atoms with Crippen molar-refractivity contribution in [2.24, 2.45) is 0 Å². The normalized spacial score (nSPS) is 12.5. The van der Waals surface area contributed by atoms with Gasteiger partial charge in [0.15, 0.2) is 0 Å². The summed E-state index contributed by atoms with van der Waals surface area (Å²) in [6.07, 6.45) is 1.66. The summed E-state index contributed by atoms with van der Waals surface area (Å²) < 4.78 is 10.8. The van der Waals surface area contributed by atoms with Crippen molar-refractivity contribution in [3.8, 4) is 0 Å². The first-order valence-electron chi connectivity index (χ1n) is 6.63. The van der Waals surface area contributed by atoms with Crippen LogP contribution in [0.5, 0.6) is 0 Å². The van der Waals surface area contributed by atoms with E-state index in [9.17, 15) is 0 Å². The Morgan fingerprint density at radius 3 is 2.58 bits per heavy atom. The molecule has 2 aromatic rings. The minimum Gasteiger partial charge on any atom is -0.467 e. The molecule has 1 unspecified atom stereocenters. The minimum absolute atomic E-state index is 0.519. The van der Waals surface area contributed by atoms with Crippen molar-refractivity contribution in [3.05, 3.63) is 59.5 Å². The van der Waals surface area contributed by atoms with Crippen molar-refractivity contribution in [2.75, 3.05) is 13.6 Å². The maximum Gasteiger partial charge on any atom is 0.129 e. The van der Waals surface area contributed by atoms with Crippen LogP contribution in [0.25, 0.3) is 0 Å². The maximum atomic E-state index is 5.61. The highest BCUT2D eigenvalue weighted by Gasteiger charge is 2.04. The van der Waals surface area contributed by atoms with E-state index in [4.69, 9.17) is 9.15 Å². The number of benzene rings is 1. The third kappa shape index (κ3) is 4.23. The molecule has 1 aromatic carbocycles. The molecule has 1 heterocycles. The number of rotatable bonds is 7. The molecule has 3 nitrogen and oxygen atoms in total. The molecule has 102 valence electrons. The molecule has 0 bridgehead atoms. The third-order valence-electron chi connectivity index (χ3n) is 3.15. The van der Waals surface area contributed by atoms with Gasteiger partial charge in [-0.15, -0.1) is 0 Å². The average molecular weight is 259 g/mol. The van der Waals surface area contributed by atoms with E-state index >= 15 is 0 Å². The molecule has 0 aliphatic heterocycles. The van der Waals surface area contributed by atoms with Crippen molar-refractivity contribution in [2.45, 2.75) is 26.1 Å². The molecule has 0 aliphatic carbocycles. The first-order chi connectivity index (χ1) is 9.29. The lowest BCUT2D eigenvalue weighted by Crippen LogP contribution is -2.14. The molecule has 1 atom stereocenters. The van der Waals surface area contributed by atoms with Crippen molar-refractivity contribution in [3.63, 3.8) is 0 Å². The topological polar surface area (TPSA) is 34.4 Å². The summed E-state index contributed by atoms with van der Waals surface area (Å²) in [5.41, 5.74) is 2.54. The third-order valence-corrected chi connectivity index (χ3v) is 3.15. The summed E-state index contributed by atoms with van der Waals surface area (Å²) in [5.74, 6) is 1.39. The summed E-state index contributed by atoms with van der Waals surface area (Å²) in [6.45, 7) is 4.35. The molecule has 0 saturated carbocycles. The molecule has 0 fully saturated rings. The lowest BCUT2D eigenvalue weighted by Gasteiger charge is -2.11. The van der Waals surface area contributed by atoms with Crippen LogP contribution in [0, 0.1) is 0 Å². The Hall–Kier alpha value is -1.58. The fourth-order valence-electron chi connectivity index (χ4n) is 2.03. The number of furan rings is 1. The zero-order valence-corrected chi connectivity index (χ0v) is 11.6. The summed E-state index contributed by atoms with van der Waals surface area (Å²) in [4.78, 5) is 0. The van der Waals surface area contributed by atoms with E-state index in [1.54, 1.807) is 6.26 Å². The van der Waals surface area contributed by atoms with Gasteiger partial charge < -0.3 is 14.5 Å². The monoisotopic (exact) mass is 259 g/mol. The fourth-order valence-corrected chi connectivity index (χ4v) is 2.03. The molecular weight excluding hydrogens is 238 g/mol. The van der Waals surface area contributed by atoms with Gasteiger partial charge in [0.1, 0.15) is 12.4 Å². The predicted octanol–water partition coefficient (Wildman–Crippen LogP) is 3.32. The number of likely N-dealkylation sites (N-methyl/N-ethyl adjacent to an activating group) is 1. The molecular formula is C16H21NO2. The van der Waals surface area contributed by atoms with Crippen LogP contribution in [0.4, 0.5) is 0 Å². The lowest BCUT2D eigenvalue weighted by molar-refractivity contribution is 0.0929. The lowest BCUT2D eigenvalue weighted by atomic mass is 10.00. The first-order valence-corrected chi connectivity index (χ1v) is 6.63. The quantitative estimate of drug-likeness (QED) is 0.828. The molecule has 0 aliphatic rings. The van der Waals surface area contributed by atoms with Gasteiger partial charge in [0.2, 0.25) is 0 Å². The Morgan fingerprint density at radius 2 is 1.95 bits per heavy atom. The largest absolute Gasteiger partial charge is 0.467 e. The van der Waals surface area contributed by atoms with Crippen LogP contribution < -0.4 is 5.32 Å². The zero-order chi connectivity index (χ0) is 13.5. The van der Waals surface area contributed by atoms with Gasteiger partial charge in [-0.05, 0) is 36.2 Å². The highest BCUT2D eigenvalue weighted by atomic mass is 16.5. The van der Waals surface area contributed by atoms with Gasteiger partial charge in [-0.1, -0.05) is 31.2 Å². The summed E-state index contributed by atoms with van der Waals surface area (Å²) >= 11 is 0. The van der Waals surface area contributed by atoms with Gasteiger partial charge in [0.05, 0.1) is 12.9 Å². The second kappa shape index (κ2) is 7.12. The standard InChI is InChI=1S/C16H21NO2/c1-13(10-17-2)15-7-5-14(6-8-15)11-18-12-16-4-3-9-19-16/h3-9,13,17H,10-12H2,1-2H3. The second-order valence-electron chi connectivity index (χ2n) is 4.77. The van der Waals surface area contributed by atoms with Crippen LogP contribution >= 0.6 is 0 Å². The van der Waals surface area contributed by atoms with Gasteiger partial charge in [-0.2, -0.15) is 0 Å². The summed E-state index contributed by atoms with van der Waals surface area (Å²) in [7, 11) is 1.98. The van der Waals surface area contributed by atoms with Gasteiger partial charge in [0.25, 0.3) is 0 Å². The van der Waals surface area contributed by atoms with E-state index in [2.05, 4.69) is 36.5 Å². The maximum absolute atomic E-state index is 5.61. The van der Waals surface area contributed by atoms with E-state index in [0.717, 1.165) is 12.3 Å². The van der Waals surface area contributed by atoms with Crippen LogP contribution in [0.2, 0.25) is 0 Å². The van der Waals surface area contributed by atoms with Crippen molar-refractivity contribution < 1.29 is 9.15 Å². The van der Waals surface area contributed by atoms with Crippen LogP contribution in [0.1, 0.15) is 29.7 Å². The van der Waals surface area contributed by atoms with Crippen molar-refractivity contribution >= 4 is 0 Å². The Morgan fingerprint density at radius 1 is 1.16 bits per heavy atom. The summed E-state index contributed by atoms with van der Waals surface area (Å²) in [5, 5.41) is 3.20. The predicted molar refractivity (Wildman–Crippen MR) is 76.0 cm³/mol. The first kappa shape index (κ1) is 13.8. The molecule has 0 radical (unpaired) electrons. The Balaban J connectivity index is 1.81. The fraction of sp³-hybridized carbons (Fsp3) is 0.375. The van der Waals surface area contributed by atoms with E-state index in [-0.39, 0.29) is 0 Å². The highest BCUT2D eigenvalue weighted by Crippen LogP contribution is 2.15. The Kier molecular flexibility index (Phi) is 5.19. The van der Waals surface area contributed by atoms with Gasteiger partial charge in [-0.3, -0.25) is 0 Å². The van der Waals surface area contributed by atoms with Crippen LogP contribution in [0.3, 0.4) is 0 Å². The van der Waals surface area contributed by atoms with Crippen molar-refractivity contribution in [1.82, 2.24) is 5.32 Å². The molecule has 0 spiro atoms. The SMILES string of the molecule is CNCC(C)c1ccc(COCc2ccco2)cc1. The van der Waals surface area contributed by atoms with Gasteiger partial charge in [0, 0.05) is 6.54 Å². The second-order valence-corrected chi connectivity index (χ2v) is 4.77. The van der Waals surface area contributed by atoms with Crippen molar-refractivity contribution in [1.29, 1.82) is 0 Å². The Labute approximate surface area is 114 Å². The van der Waals surface area contributed by atoms with E-state index in [1.807, 2.05) is 19.2 Å².